The number of benzene rings is 1. The number of amides is 2. The van der Waals surface area contributed by atoms with Gasteiger partial charge in [0.1, 0.15) is 0 Å². The molecule has 0 saturated heterocycles. The molecule has 1 atom stereocenters. The summed E-state index contributed by atoms with van der Waals surface area (Å²) in [5.41, 5.74) is 6.75. The summed E-state index contributed by atoms with van der Waals surface area (Å²) < 4.78 is 36.6. The average molecular weight is 451 g/mol. The van der Waals surface area contributed by atoms with Crippen LogP contribution in [0.1, 0.15) is 52.1 Å². The van der Waals surface area contributed by atoms with Crippen LogP contribution in [0.5, 0.6) is 11.5 Å². The van der Waals surface area contributed by atoms with Crippen molar-refractivity contribution in [3.63, 3.8) is 0 Å². The van der Waals surface area contributed by atoms with Crippen molar-refractivity contribution >= 4 is 38.0 Å². The largest absolute Gasteiger partial charge is 0.493 e. The van der Waals surface area contributed by atoms with Crippen molar-refractivity contribution in [2.24, 2.45) is 0 Å². The average Bonchev–Trinajstić information content (AvgIpc) is 3.46. The van der Waals surface area contributed by atoms with Gasteiger partial charge in [-0.1, -0.05) is 6.07 Å². The molecule has 8 nitrogen and oxygen atoms in total. The van der Waals surface area contributed by atoms with Crippen LogP contribution in [0.4, 0.5) is 5.00 Å². The van der Waals surface area contributed by atoms with Crippen molar-refractivity contribution in [3.8, 4) is 11.5 Å². The van der Waals surface area contributed by atoms with Crippen LogP contribution in [0, 0.1) is 0 Å². The van der Waals surface area contributed by atoms with Crippen molar-refractivity contribution in [2.45, 2.75) is 31.1 Å². The maximum Gasteiger partial charge on any atom is 0.265 e. The number of nitrogens with two attached hydrogens (primary N) is 1. The fourth-order valence-electron chi connectivity index (χ4n) is 3.65. The van der Waals surface area contributed by atoms with Gasteiger partial charge in [0.05, 0.1) is 46.9 Å². The van der Waals surface area contributed by atoms with Gasteiger partial charge in [-0.05, 0) is 37.5 Å². The lowest BCUT2D eigenvalue weighted by molar-refractivity contribution is 0.0597. The molecule has 1 aromatic carbocycles. The second-order valence-electron chi connectivity index (χ2n) is 7.26. The molecule has 1 aliphatic heterocycles. The molecular weight excluding hydrogens is 428 g/mol. The van der Waals surface area contributed by atoms with Gasteiger partial charge in [0.15, 0.2) is 21.3 Å². The number of fused-ring (bicyclic) bond motifs is 1. The summed E-state index contributed by atoms with van der Waals surface area (Å²) in [5.74, 6) is -0.558. The van der Waals surface area contributed by atoms with E-state index in [0.29, 0.717) is 36.5 Å². The van der Waals surface area contributed by atoms with Crippen LogP contribution < -0.4 is 15.2 Å². The summed E-state index contributed by atoms with van der Waals surface area (Å²) in [6.07, 6.45) is 1.20. The molecule has 1 aromatic heterocycles. The minimum Gasteiger partial charge on any atom is -0.493 e. The molecule has 2 heterocycles. The standard InChI is InChI=1S/C20H22N2O6S2/c1-3-28-16-8-11(4-7-15(16)27-2)14(10-30(25,26)12-5-6-12)22-19(23)13-9-29-18(21)17(13)20(22)24/h4,7-9,12,14H,3,5-6,10,21H2,1-2H3/t14-/m1/s1. The minimum atomic E-state index is -3.49. The second kappa shape index (κ2) is 7.59. The molecule has 1 fully saturated rings. The van der Waals surface area contributed by atoms with Crippen molar-refractivity contribution in [1.29, 1.82) is 0 Å². The fourth-order valence-corrected chi connectivity index (χ4v) is 6.34. The third-order valence-corrected chi connectivity index (χ3v) is 8.39. The number of rotatable bonds is 8. The third-order valence-electron chi connectivity index (χ3n) is 5.31. The SMILES string of the molecule is CCOc1cc([C@@H](CS(=O)(=O)C2CC2)N2C(=O)c3csc(N)c3C2=O)ccc1OC. The van der Waals surface area contributed by atoms with Gasteiger partial charge in [0.2, 0.25) is 0 Å². The Morgan fingerprint density at radius 2 is 1.97 bits per heavy atom. The summed E-state index contributed by atoms with van der Waals surface area (Å²) >= 11 is 1.12. The van der Waals surface area contributed by atoms with E-state index in [2.05, 4.69) is 0 Å². The fraction of sp³-hybridized carbons (Fsp3) is 0.400. The molecule has 1 saturated carbocycles. The third kappa shape index (κ3) is 3.43. The van der Waals surface area contributed by atoms with Gasteiger partial charge in [-0.15, -0.1) is 11.3 Å². The lowest BCUT2D eigenvalue weighted by atomic mass is 10.1. The Kier molecular flexibility index (Phi) is 5.23. The van der Waals surface area contributed by atoms with Crippen molar-refractivity contribution < 1.29 is 27.5 Å². The number of carbonyl (C=O) groups is 2. The summed E-state index contributed by atoms with van der Waals surface area (Å²) in [6, 6.07) is 3.94. The predicted molar refractivity (Wildman–Crippen MR) is 113 cm³/mol. The molecule has 4 rings (SSSR count). The molecule has 0 radical (unpaired) electrons. The van der Waals surface area contributed by atoms with E-state index in [-0.39, 0.29) is 21.9 Å². The molecule has 160 valence electrons. The number of imide groups is 1. The van der Waals surface area contributed by atoms with Gasteiger partial charge in [-0.3, -0.25) is 14.5 Å². The normalized spacial score (nSPS) is 17.2. The number of methoxy groups -OCH3 is 1. The first-order chi connectivity index (χ1) is 14.3. The highest BCUT2D eigenvalue weighted by molar-refractivity contribution is 7.92. The summed E-state index contributed by atoms with van der Waals surface area (Å²) in [4.78, 5) is 27.2. The van der Waals surface area contributed by atoms with E-state index < -0.39 is 32.9 Å². The first kappa shape index (κ1) is 20.7. The van der Waals surface area contributed by atoms with Crippen LogP contribution in [-0.2, 0) is 9.84 Å². The molecule has 2 aliphatic rings. The predicted octanol–water partition coefficient (Wildman–Crippen LogP) is 2.65. The van der Waals surface area contributed by atoms with Crippen LogP contribution in [0.2, 0.25) is 0 Å². The molecule has 1 aliphatic carbocycles. The Bertz CT molecular complexity index is 1120. The van der Waals surface area contributed by atoms with Gasteiger partial charge in [-0.25, -0.2) is 8.42 Å². The second-order valence-corrected chi connectivity index (χ2v) is 10.5. The van der Waals surface area contributed by atoms with Crippen LogP contribution in [0.25, 0.3) is 0 Å². The number of thiophene rings is 1. The number of hydrogen-bond donors (Lipinski definition) is 1. The van der Waals surface area contributed by atoms with Crippen molar-refractivity contribution in [2.75, 3.05) is 25.2 Å². The number of nitrogens with zero attached hydrogens (tertiary/aromatic N) is 1. The summed E-state index contributed by atoms with van der Waals surface area (Å²) in [6.45, 7) is 2.19. The van der Waals surface area contributed by atoms with Crippen LogP contribution in [0.3, 0.4) is 0 Å². The van der Waals surface area contributed by atoms with Crippen LogP contribution in [0.15, 0.2) is 23.6 Å². The van der Waals surface area contributed by atoms with E-state index in [1.54, 1.807) is 18.2 Å². The van der Waals surface area contributed by atoms with Crippen LogP contribution in [-0.4, -0.2) is 49.9 Å². The lowest BCUT2D eigenvalue weighted by Crippen LogP contribution is -2.38. The number of anilines is 1. The van der Waals surface area contributed by atoms with E-state index >= 15 is 0 Å². The Morgan fingerprint density at radius 1 is 1.23 bits per heavy atom. The molecule has 30 heavy (non-hydrogen) atoms. The topological polar surface area (TPSA) is 116 Å². The Labute approximate surface area is 178 Å². The molecule has 0 bridgehead atoms. The monoisotopic (exact) mass is 450 g/mol. The first-order valence-electron chi connectivity index (χ1n) is 9.55. The molecular formula is C20H22N2O6S2. The number of sulfone groups is 1. The van der Waals surface area contributed by atoms with Gasteiger partial charge >= 0.3 is 0 Å². The van der Waals surface area contributed by atoms with E-state index in [4.69, 9.17) is 15.2 Å². The van der Waals surface area contributed by atoms with Crippen molar-refractivity contribution in [1.82, 2.24) is 4.90 Å². The molecule has 10 heteroatoms. The number of carbonyl (C=O) groups excluding carboxylic acids is 2. The Morgan fingerprint density at radius 3 is 2.57 bits per heavy atom. The highest BCUT2D eigenvalue weighted by Crippen LogP contribution is 2.41. The molecule has 0 spiro atoms. The van der Waals surface area contributed by atoms with Crippen molar-refractivity contribution in [3.05, 3.63) is 40.3 Å². The molecule has 2 amide bonds. The van der Waals surface area contributed by atoms with E-state index in [1.165, 1.54) is 12.5 Å². The lowest BCUT2D eigenvalue weighted by Gasteiger charge is -2.27. The zero-order valence-corrected chi connectivity index (χ0v) is 18.2. The Balaban J connectivity index is 1.79. The van der Waals surface area contributed by atoms with Gasteiger partial charge < -0.3 is 15.2 Å². The smallest absolute Gasteiger partial charge is 0.265 e. The number of ether oxygens (including phenoxy) is 2. The molecule has 0 unspecified atom stereocenters. The van der Waals surface area contributed by atoms with Gasteiger partial charge in [-0.2, -0.15) is 0 Å². The summed E-state index contributed by atoms with van der Waals surface area (Å²) in [5, 5.41) is 1.37. The minimum absolute atomic E-state index is 0.150. The highest BCUT2D eigenvalue weighted by Gasteiger charge is 2.46. The van der Waals surface area contributed by atoms with E-state index in [9.17, 15) is 18.0 Å². The number of nitrogen functional groups attached to an aromatic ring is 1. The molecule has 2 aromatic rings. The zero-order chi connectivity index (χ0) is 21.6. The highest BCUT2D eigenvalue weighted by atomic mass is 32.2. The van der Waals surface area contributed by atoms with Crippen LogP contribution >= 0.6 is 11.3 Å². The Hall–Kier alpha value is -2.59. The molecule has 2 N–H and O–H groups in total. The van der Waals surface area contributed by atoms with Gasteiger partial charge in [0, 0.05) is 5.38 Å². The quantitative estimate of drug-likeness (QED) is 0.615. The number of hydrogen-bond acceptors (Lipinski definition) is 8. The van der Waals surface area contributed by atoms with E-state index in [1.807, 2.05) is 6.92 Å². The zero-order valence-electron chi connectivity index (χ0n) is 16.6. The maximum absolute atomic E-state index is 13.1. The van der Waals surface area contributed by atoms with Gasteiger partial charge in [0.25, 0.3) is 11.8 Å². The maximum atomic E-state index is 13.1. The summed E-state index contributed by atoms with van der Waals surface area (Å²) in [7, 11) is -1.99. The van der Waals surface area contributed by atoms with E-state index in [0.717, 1.165) is 16.2 Å². The first-order valence-corrected chi connectivity index (χ1v) is 12.1.